The molecular formula is C12H12N2O3S. The molecule has 0 aliphatic heterocycles. The number of H-pyrrole nitrogens is 1. The molecule has 0 aromatic carbocycles. The highest BCUT2D eigenvalue weighted by Gasteiger charge is 2.32. The van der Waals surface area contributed by atoms with Gasteiger partial charge < -0.3 is 0 Å². The molecule has 0 unspecified atom stereocenters. The van der Waals surface area contributed by atoms with E-state index >= 15 is 0 Å². The van der Waals surface area contributed by atoms with E-state index in [0.717, 1.165) is 12.2 Å². The van der Waals surface area contributed by atoms with Crippen LogP contribution >= 0.6 is 11.8 Å². The Morgan fingerprint density at radius 3 is 2.78 bits per heavy atom. The van der Waals surface area contributed by atoms with Crippen LogP contribution in [0.2, 0.25) is 0 Å². The maximum atomic E-state index is 12.2. The molecule has 6 heteroatoms. The normalized spacial score (nSPS) is 14.4. The summed E-state index contributed by atoms with van der Waals surface area (Å²) in [5, 5.41) is 6.22. The molecule has 1 aromatic rings. The Balaban J connectivity index is 2.44. The van der Waals surface area contributed by atoms with Crippen molar-refractivity contribution in [3.8, 4) is 0 Å². The molecule has 1 aliphatic carbocycles. The third-order valence-corrected chi connectivity index (χ3v) is 3.75. The molecule has 18 heavy (non-hydrogen) atoms. The maximum absolute atomic E-state index is 12.2. The van der Waals surface area contributed by atoms with Crippen molar-refractivity contribution in [2.24, 2.45) is 0 Å². The number of Topliss-reactive ketones (excluding diaryl/α,β-unsaturated/α-hetero) is 2. The van der Waals surface area contributed by atoms with Crippen molar-refractivity contribution in [2.75, 3.05) is 5.75 Å². The lowest BCUT2D eigenvalue weighted by atomic mass is 9.98. The van der Waals surface area contributed by atoms with Gasteiger partial charge in [-0.15, -0.1) is 11.8 Å². The minimum Gasteiger partial charge on any atom is -0.293 e. The van der Waals surface area contributed by atoms with Crippen LogP contribution in [-0.4, -0.2) is 33.3 Å². The van der Waals surface area contributed by atoms with E-state index < -0.39 is 0 Å². The molecule has 94 valence electrons. The summed E-state index contributed by atoms with van der Waals surface area (Å²) in [5.41, 5.74) is 0.283. The topological polar surface area (TPSA) is 79.9 Å². The Morgan fingerprint density at radius 2 is 2.17 bits per heavy atom. The summed E-state index contributed by atoms with van der Waals surface area (Å²) in [6.07, 6.45) is 2.22. The lowest BCUT2D eigenvalue weighted by molar-refractivity contribution is 0.0976. The first-order valence-electron chi connectivity index (χ1n) is 5.59. The lowest BCUT2D eigenvalue weighted by Crippen LogP contribution is -2.17. The second-order valence-electron chi connectivity index (χ2n) is 3.93. The van der Waals surface area contributed by atoms with Gasteiger partial charge in [-0.2, -0.15) is 5.10 Å². The van der Waals surface area contributed by atoms with Crippen LogP contribution in [0.5, 0.6) is 0 Å². The highest BCUT2D eigenvalue weighted by molar-refractivity contribution is 8.04. The summed E-state index contributed by atoms with van der Waals surface area (Å²) in [4.78, 5) is 35.8. The quantitative estimate of drug-likeness (QED) is 0.841. The van der Waals surface area contributed by atoms with Gasteiger partial charge in [-0.25, -0.2) is 0 Å². The number of carbonyl (C=O) groups is 3. The standard InChI is InChI=1S/C12H12N2O3S/c1-3-4-18-8-5-7(16)11-9(12(8)17)10(6(2)15)13-14-11/h5H,3-4H2,1-2H3,(H,13,14). The SMILES string of the molecule is CCCSC1=CC(=O)c2[nH]nc(C(C)=O)c2C1=O. The van der Waals surface area contributed by atoms with Gasteiger partial charge in [-0.1, -0.05) is 6.92 Å². The highest BCUT2D eigenvalue weighted by atomic mass is 32.2. The van der Waals surface area contributed by atoms with Gasteiger partial charge in [-0.05, 0) is 12.2 Å². The summed E-state index contributed by atoms with van der Waals surface area (Å²) >= 11 is 1.33. The van der Waals surface area contributed by atoms with E-state index in [1.54, 1.807) is 0 Å². The molecule has 0 fully saturated rings. The van der Waals surface area contributed by atoms with Gasteiger partial charge in [0.05, 0.1) is 10.5 Å². The Kier molecular flexibility index (Phi) is 3.47. The molecule has 0 saturated carbocycles. The average molecular weight is 264 g/mol. The van der Waals surface area contributed by atoms with E-state index in [0.29, 0.717) is 4.91 Å². The molecule has 0 amide bonds. The van der Waals surface area contributed by atoms with Crippen LogP contribution in [0, 0.1) is 0 Å². The number of carbonyl (C=O) groups excluding carboxylic acids is 3. The van der Waals surface area contributed by atoms with Crippen LogP contribution in [0.15, 0.2) is 11.0 Å². The predicted molar refractivity (Wildman–Crippen MR) is 68.1 cm³/mol. The van der Waals surface area contributed by atoms with E-state index in [1.165, 1.54) is 24.8 Å². The minimum absolute atomic E-state index is 0.0473. The van der Waals surface area contributed by atoms with Gasteiger partial charge in [0, 0.05) is 13.0 Å². The number of nitrogens with one attached hydrogen (secondary N) is 1. The Labute approximate surface area is 108 Å². The summed E-state index contributed by atoms with van der Waals surface area (Å²) in [5.74, 6) is -0.159. The first-order chi connectivity index (χ1) is 8.56. The number of ketones is 3. The van der Waals surface area contributed by atoms with Gasteiger partial charge in [0.2, 0.25) is 11.6 Å². The van der Waals surface area contributed by atoms with E-state index in [2.05, 4.69) is 10.2 Å². The summed E-state index contributed by atoms with van der Waals surface area (Å²) in [6, 6.07) is 0. The van der Waals surface area contributed by atoms with E-state index in [-0.39, 0.29) is 34.3 Å². The predicted octanol–water partition coefficient (Wildman–Crippen LogP) is 2.02. The van der Waals surface area contributed by atoms with Gasteiger partial charge in [0.25, 0.3) is 0 Å². The zero-order chi connectivity index (χ0) is 13.3. The minimum atomic E-state index is -0.324. The van der Waals surface area contributed by atoms with Crippen LogP contribution in [-0.2, 0) is 0 Å². The summed E-state index contributed by atoms with van der Waals surface area (Å²) < 4.78 is 0. The molecule has 1 aliphatic rings. The number of aromatic amines is 1. The number of fused-ring (bicyclic) bond motifs is 1. The van der Waals surface area contributed by atoms with Crippen molar-refractivity contribution < 1.29 is 14.4 Å². The molecule has 0 saturated heterocycles. The zero-order valence-corrected chi connectivity index (χ0v) is 10.9. The Hall–Kier alpha value is -1.69. The van der Waals surface area contributed by atoms with E-state index in [1.807, 2.05) is 6.92 Å². The lowest BCUT2D eigenvalue weighted by Gasteiger charge is -2.10. The van der Waals surface area contributed by atoms with Crippen molar-refractivity contribution >= 4 is 29.1 Å². The molecule has 0 radical (unpaired) electrons. The third-order valence-electron chi connectivity index (χ3n) is 2.52. The maximum Gasteiger partial charge on any atom is 0.205 e. The smallest absolute Gasteiger partial charge is 0.205 e. The zero-order valence-electron chi connectivity index (χ0n) is 10.1. The van der Waals surface area contributed by atoms with Crippen LogP contribution < -0.4 is 0 Å². The average Bonchev–Trinajstić information content (AvgIpc) is 2.77. The molecule has 5 nitrogen and oxygen atoms in total. The molecule has 0 bridgehead atoms. The molecule has 1 aromatic heterocycles. The monoisotopic (exact) mass is 264 g/mol. The fourth-order valence-electron chi connectivity index (χ4n) is 1.70. The molecule has 0 atom stereocenters. The Morgan fingerprint density at radius 1 is 1.44 bits per heavy atom. The molecule has 2 rings (SSSR count). The van der Waals surface area contributed by atoms with Crippen LogP contribution in [0.4, 0.5) is 0 Å². The molecule has 0 spiro atoms. The fourth-order valence-corrected chi connectivity index (χ4v) is 2.54. The number of rotatable bonds is 4. The number of allylic oxidation sites excluding steroid dienone is 2. The van der Waals surface area contributed by atoms with Crippen molar-refractivity contribution in [3.63, 3.8) is 0 Å². The fraction of sp³-hybridized carbons (Fsp3) is 0.333. The number of aromatic nitrogens is 2. The van der Waals surface area contributed by atoms with Crippen LogP contribution in [0.25, 0.3) is 0 Å². The van der Waals surface area contributed by atoms with Gasteiger partial charge >= 0.3 is 0 Å². The van der Waals surface area contributed by atoms with Gasteiger partial charge in [0.1, 0.15) is 11.4 Å². The summed E-state index contributed by atoms with van der Waals surface area (Å²) in [7, 11) is 0. The van der Waals surface area contributed by atoms with E-state index in [9.17, 15) is 14.4 Å². The van der Waals surface area contributed by atoms with Crippen LogP contribution in [0.1, 0.15) is 51.6 Å². The van der Waals surface area contributed by atoms with Crippen LogP contribution in [0.3, 0.4) is 0 Å². The first kappa shape index (κ1) is 12.8. The van der Waals surface area contributed by atoms with Gasteiger partial charge in [-0.3, -0.25) is 19.5 Å². The largest absolute Gasteiger partial charge is 0.293 e. The van der Waals surface area contributed by atoms with Crippen molar-refractivity contribution in [2.45, 2.75) is 20.3 Å². The van der Waals surface area contributed by atoms with Crippen molar-refractivity contribution in [1.29, 1.82) is 0 Å². The molecular weight excluding hydrogens is 252 g/mol. The Bertz CT molecular complexity index is 572. The number of nitrogens with zero attached hydrogens (tertiary/aromatic N) is 1. The molecule has 1 heterocycles. The second kappa shape index (κ2) is 4.89. The van der Waals surface area contributed by atoms with Gasteiger partial charge in [0.15, 0.2) is 5.78 Å². The highest BCUT2D eigenvalue weighted by Crippen LogP contribution is 2.29. The molecule has 1 N–H and O–H groups in total. The second-order valence-corrected chi connectivity index (χ2v) is 5.07. The number of thioether (sulfide) groups is 1. The van der Waals surface area contributed by atoms with Crippen molar-refractivity contribution in [1.82, 2.24) is 10.2 Å². The van der Waals surface area contributed by atoms with Crippen molar-refractivity contribution in [3.05, 3.63) is 27.9 Å². The van der Waals surface area contributed by atoms with E-state index in [4.69, 9.17) is 0 Å². The third kappa shape index (κ3) is 2.03. The first-order valence-corrected chi connectivity index (χ1v) is 6.57. The summed E-state index contributed by atoms with van der Waals surface area (Å²) in [6.45, 7) is 3.32. The number of hydrogen-bond donors (Lipinski definition) is 1. The number of hydrogen-bond acceptors (Lipinski definition) is 5.